The van der Waals surface area contributed by atoms with Crippen molar-refractivity contribution in [2.75, 3.05) is 6.61 Å². The molecule has 0 N–H and O–H groups in total. The second-order valence-corrected chi connectivity index (χ2v) is 7.74. The van der Waals surface area contributed by atoms with Gasteiger partial charge < -0.3 is 4.74 Å². The second kappa shape index (κ2) is 3.29. The zero-order chi connectivity index (χ0) is 11.7. The lowest BCUT2D eigenvalue weighted by atomic mass is 9.63. The number of hydrogen-bond acceptors (Lipinski definition) is 1. The molecule has 17 heavy (non-hydrogen) atoms. The molecule has 4 fully saturated rings. The third-order valence-electron chi connectivity index (χ3n) is 7.07. The molecule has 0 radical (unpaired) electrons. The number of rotatable bonds is 0. The monoisotopic (exact) mass is 234 g/mol. The Morgan fingerprint density at radius 1 is 1.06 bits per heavy atom. The fraction of sp³-hybridized carbons (Fsp3) is 1.00. The molecule has 2 bridgehead atoms. The maximum atomic E-state index is 6.38. The Balaban J connectivity index is 1.60. The third kappa shape index (κ3) is 1.30. The van der Waals surface area contributed by atoms with Crippen LogP contribution in [0.4, 0.5) is 0 Å². The molecule has 4 rings (SSSR count). The Morgan fingerprint density at radius 2 is 1.82 bits per heavy atom. The van der Waals surface area contributed by atoms with Gasteiger partial charge in [0.25, 0.3) is 0 Å². The summed E-state index contributed by atoms with van der Waals surface area (Å²) in [5.41, 5.74) is 0.953. The van der Waals surface area contributed by atoms with Crippen LogP contribution >= 0.6 is 0 Å². The minimum absolute atomic E-state index is 0.341. The quantitative estimate of drug-likeness (QED) is 0.615. The molecule has 3 aliphatic carbocycles. The van der Waals surface area contributed by atoms with Crippen LogP contribution in [0.3, 0.4) is 0 Å². The summed E-state index contributed by atoms with van der Waals surface area (Å²) in [6.45, 7) is 6.10. The number of fused-ring (bicyclic) bond motifs is 3. The molecule has 1 heteroatoms. The van der Waals surface area contributed by atoms with Crippen molar-refractivity contribution in [3.05, 3.63) is 0 Å². The first-order valence-electron chi connectivity index (χ1n) is 7.78. The molecule has 5 unspecified atom stereocenters. The first-order valence-corrected chi connectivity index (χ1v) is 7.78. The van der Waals surface area contributed by atoms with Gasteiger partial charge in [-0.05, 0) is 61.2 Å². The molecule has 3 saturated carbocycles. The molecule has 0 aromatic carbocycles. The topological polar surface area (TPSA) is 9.23 Å². The molecule has 96 valence electrons. The first-order chi connectivity index (χ1) is 8.14. The lowest BCUT2D eigenvalue weighted by Crippen LogP contribution is -2.37. The van der Waals surface area contributed by atoms with Crippen molar-refractivity contribution in [1.82, 2.24) is 0 Å². The molecule has 0 amide bonds. The maximum Gasteiger partial charge on any atom is 0.0689 e. The van der Waals surface area contributed by atoms with Crippen molar-refractivity contribution in [2.24, 2.45) is 29.1 Å². The lowest BCUT2D eigenvalue weighted by molar-refractivity contribution is 0.00110. The van der Waals surface area contributed by atoms with Crippen LogP contribution < -0.4 is 0 Å². The highest BCUT2D eigenvalue weighted by atomic mass is 16.5. The molecule has 1 nitrogen and oxygen atoms in total. The van der Waals surface area contributed by atoms with E-state index in [-0.39, 0.29) is 0 Å². The summed E-state index contributed by atoms with van der Waals surface area (Å²) in [4.78, 5) is 0. The van der Waals surface area contributed by atoms with Crippen molar-refractivity contribution in [3.8, 4) is 0 Å². The average molecular weight is 234 g/mol. The van der Waals surface area contributed by atoms with E-state index in [0.29, 0.717) is 11.0 Å². The van der Waals surface area contributed by atoms with Crippen molar-refractivity contribution >= 4 is 0 Å². The van der Waals surface area contributed by atoms with Gasteiger partial charge in [0.05, 0.1) is 12.2 Å². The Kier molecular flexibility index (Phi) is 2.10. The smallest absolute Gasteiger partial charge is 0.0689 e. The van der Waals surface area contributed by atoms with Crippen molar-refractivity contribution in [3.63, 3.8) is 0 Å². The highest BCUT2D eigenvalue weighted by molar-refractivity contribution is 5.11. The van der Waals surface area contributed by atoms with Gasteiger partial charge in [-0.25, -0.2) is 0 Å². The normalized spacial score (nSPS) is 55.4. The second-order valence-electron chi connectivity index (χ2n) is 7.74. The van der Waals surface area contributed by atoms with E-state index in [1.165, 1.54) is 44.9 Å². The molecule has 0 aromatic rings. The molecule has 4 aliphatic rings. The Bertz CT molecular complexity index is 328. The highest BCUT2D eigenvalue weighted by Gasteiger charge is 2.62. The maximum absolute atomic E-state index is 6.38. The molecule has 1 aliphatic heterocycles. The molecule has 2 spiro atoms. The fourth-order valence-corrected chi connectivity index (χ4v) is 6.05. The molecular formula is C16H26O. The van der Waals surface area contributed by atoms with E-state index in [1.54, 1.807) is 0 Å². The summed E-state index contributed by atoms with van der Waals surface area (Å²) in [7, 11) is 0. The Hall–Kier alpha value is -0.0400. The summed E-state index contributed by atoms with van der Waals surface area (Å²) in [5, 5.41) is 0. The van der Waals surface area contributed by atoms with Gasteiger partial charge in [0.1, 0.15) is 0 Å². The van der Waals surface area contributed by atoms with Crippen LogP contribution in [0.25, 0.3) is 0 Å². The minimum atomic E-state index is 0.341. The highest BCUT2D eigenvalue weighted by Crippen LogP contribution is 2.67. The van der Waals surface area contributed by atoms with E-state index in [2.05, 4.69) is 13.8 Å². The molecule has 0 aromatic heterocycles. The van der Waals surface area contributed by atoms with Crippen LogP contribution in [0.2, 0.25) is 0 Å². The van der Waals surface area contributed by atoms with Crippen molar-refractivity contribution in [1.29, 1.82) is 0 Å². The van der Waals surface area contributed by atoms with Crippen LogP contribution in [-0.2, 0) is 4.74 Å². The molecule has 5 atom stereocenters. The van der Waals surface area contributed by atoms with E-state index in [4.69, 9.17) is 4.74 Å². The Labute approximate surface area is 105 Å². The fourth-order valence-electron chi connectivity index (χ4n) is 6.05. The minimum Gasteiger partial charge on any atom is -0.374 e. The van der Waals surface area contributed by atoms with Crippen LogP contribution in [0.15, 0.2) is 0 Å². The lowest BCUT2D eigenvalue weighted by Gasteiger charge is -2.40. The van der Waals surface area contributed by atoms with Gasteiger partial charge in [-0.2, -0.15) is 0 Å². The van der Waals surface area contributed by atoms with Gasteiger partial charge in [-0.1, -0.05) is 26.7 Å². The SMILES string of the molecule is CC1C2CC(C1C)C1(COC3(CCCC3)C1)C2. The van der Waals surface area contributed by atoms with E-state index < -0.39 is 0 Å². The van der Waals surface area contributed by atoms with Crippen LogP contribution in [0.5, 0.6) is 0 Å². The van der Waals surface area contributed by atoms with Gasteiger partial charge in [-0.15, -0.1) is 0 Å². The zero-order valence-corrected chi connectivity index (χ0v) is 11.4. The predicted molar refractivity (Wildman–Crippen MR) is 68.7 cm³/mol. The predicted octanol–water partition coefficient (Wildman–Crippen LogP) is 4.02. The summed E-state index contributed by atoms with van der Waals surface area (Å²) < 4.78 is 6.38. The van der Waals surface area contributed by atoms with Gasteiger partial charge in [0, 0.05) is 0 Å². The van der Waals surface area contributed by atoms with Crippen LogP contribution in [0, 0.1) is 29.1 Å². The third-order valence-corrected chi connectivity index (χ3v) is 7.07. The summed E-state index contributed by atoms with van der Waals surface area (Å²) >= 11 is 0. The number of hydrogen-bond donors (Lipinski definition) is 0. The standard InChI is InChI=1S/C16H26O/c1-11-12(2)14-7-13(11)8-15(14)9-16(17-10-15)5-3-4-6-16/h11-14H,3-10H2,1-2H3. The number of ether oxygens (including phenoxy) is 1. The van der Waals surface area contributed by atoms with E-state index in [1.807, 2.05) is 0 Å². The molecular weight excluding hydrogens is 208 g/mol. The largest absolute Gasteiger partial charge is 0.374 e. The van der Waals surface area contributed by atoms with Gasteiger partial charge in [0.2, 0.25) is 0 Å². The van der Waals surface area contributed by atoms with Crippen molar-refractivity contribution < 1.29 is 4.74 Å². The molecule has 1 saturated heterocycles. The van der Waals surface area contributed by atoms with Gasteiger partial charge in [0.15, 0.2) is 0 Å². The average Bonchev–Trinajstić information content (AvgIpc) is 3.03. The van der Waals surface area contributed by atoms with Gasteiger partial charge in [-0.3, -0.25) is 0 Å². The van der Waals surface area contributed by atoms with Crippen molar-refractivity contribution in [2.45, 2.75) is 64.4 Å². The van der Waals surface area contributed by atoms with Crippen LogP contribution in [0.1, 0.15) is 58.8 Å². The molecule has 1 heterocycles. The summed E-state index contributed by atoms with van der Waals surface area (Å²) in [6.07, 6.45) is 9.96. The van der Waals surface area contributed by atoms with Gasteiger partial charge >= 0.3 is 0 Å². The van der Waals surface area contributed by atoms with E-state index in [9.17, 15) is 0 Å². The van der Waals surface area contributed by atoms with Crippen LogP contribution in [-0.4, -0.2) is 12.2 Å². The van der Waals surface area contributed by atoms with E-state index in [0.717, 1.165) is 30.3 Å². The summed E-state index contributed by atoms with van der Waals surface area (Å²) in [6, 6.07) is 0. The Morgan fingerprint density at radius 3 is 2.47 bits per heavy atom. The summed E-state index contributed by atoms with van der Waals surface area (Å²) in [5.74, 6) is 3.94. The first kappa shape index (κ1) is 10.8. The van der Waals surface area contributed by atoms with E-state index >= 15 is 0 Å². The zero-order valence-electron chi connectivity index (χ0n) is 11.4.